The van der Waals surface area contributed by atoms with Gasteiger partial charge >= 0.3 is 67.3 Å². The average Bonchev–Trinajstić information content (AvgIpc) is 0. The van der Waals surface area contributed by atoms with Crippen molar-refractivity contribution in [3.05, 3.63) is 0 Å². The normalized spacial score (nSPS) is 0. The van der Waals surface area contributed by atoms with E-state index in [0.29, 0.717) is 0 Å². The summed E-state index contributed by atoms with van der Waals surface area (Å²) < 4.78 is 0. The summed E-state index contributed by atoms with van der Waals surface area (Å²) in [7, 11) is 0. The molecule has 0 rings (SSSR count). The van der Waals surface area contributed by atoms with E-state index in [4.69, 9.17) is 0 Å². The van der Waals surface area contributed by atoms with Crippen LogP contribution in [0.4, 0.5) is 0 Å². The van der Waals surface area contributed by atoms with E-state index in [1.807, 2.05) is 0 Å². The van der Waals surface area contributed by atoms with Gasteiger partial charge in [0.05, 0.1) is 0 Å². The third-order valence-corrected chi connectivity index (χ3v) is 0. The summed E-state index contributed by atoms with van der Waals surface area (Å²) in [6, 6.07) is 0. The van der Waals surface area contributed by atoms with Crippen molar-refractivity contribution in [3.8, 4) is 0 Å². The minimum Gasteiger partial charge on any atom is -0.0149 e. The van der Waals surface area contributed by atoms with Gasteiger partial charge in [-0.3, -0.25) is 0 Å². The van der Waals surface area contributed by atoms with E-state index in [2.05, 4.69) is 0 Å². The fourth-order valence-corrected chi connectivity index (χ4v) is 0. The van der Waals surface area contributed by atoms with E-state index in [1.165, 1.54) is 0 Å². The van der Waals surface area contributed by atoms with Gasteiger partial charge in [-0.2, -0.15) is 0 Å². The van der Waals surface area contributed by atoms with Gasteiger partial charge in [0.15, 0.2) is 0 Å². The van der Waals surface area contributed by atoms with E-state index in [-0.39, 0.29) is 95.3 Å². The Morgan fingerprint density at radius 2 is 1.00 bits per heavy atom. The van der Waals surface area contributed by atoms with E-state index in [0.717, 1.165) is 0 Å². The molecule has 0 aliphatic rings. The third kappa shape index (κ3) is 8.89. The molecule has 0 aliphatic heterocycles. The summed E-state index contributed by atoms with van der Waals surface area (Å²) in [6.45, 7) is 0. The first kappa shape index (κ1) is 28.0. The molecule has 0 nitrogen and oxygen atoms in total. The molecule has 22 valence electrons. The van der Waals surface area contributed by atoms with Crippen LogP contribution in [0.5, 0.6) is 0 Å². The van der Waals surface area contributed by atoms with Crippen LogP contribution in [0.25, 0.3) is 0 Å². The predicted molar refractivity (Wildman–Crippen MR) is 27.0 cm³/mol. The van der Waals surface area contributed by atoms with Crippen molar-refractivity contribution < 1.29 is 17.1 Å². The van der Waals surface area contributed by atoms with Crippen molar-refractivity contribution in [3.63, 3.8) is 0 Å². The molecule has 4 heteroatoms. The first-order valence-electron chi connectivity index (χ1n) is 0. The second-order valence-corrected chi connectivity index (χ2v) is 0. The maximum absolute atomic E-state index is 0. The zero-order valence-corrected chi connectivity index (χ0v) is 1.46. The van der Waals surface area contributed by atoms with Crippen molar-refractivity contribution in [2.24, 2.45) is 0 Å². The van der Waals surface area contributed by atoms with Crippen LogP contribution in [0, 0.1) is 0 Å². The van der Waals surface area contributed by atoms with Gasteiger partial charge in [0.25, 0.3) is 0 Å². The maximum atomic E-state index is 0. The topological polar surface area (TPSA) is 0 Å². The van der Waals surface area contributed by atoms with Crippen LogP contribution < -0.4 is 0 Å². The van der Waals surface area contributed by atoms with Crippen molar-refractivity contribution in [1.29, 1.82) is 0 Å². The second-order valence-electron chi connectivity index (χ2n) is 0. The minimum absolute atomic E-state index is 0. The van der Waals surface area contributed by atoms with E-state index < -0.39 is 0 Å². The molecule has 0 atom stereocenters. The zero-order valence-electron chi connectivity index (χ0n) is 0.354. The van der Waals surface area contributed by atoms with Crippen LogP contribution >= 0.6 is 0 Å². The molecule has 0 radical (unpaired) electrons. The standard InChI is InChI=1S/Ca.Fe.Na.H4Si.3H/h;;;1H4;;;. The number of hydrogen-bond donors (Lipinski definition) is 0. The van der Waals surface area contributed by atoms with Gasteiger partial charge in [-0.15, -0.1) is 0 Å². The Balaban J connectivity index is 0. The molecule has 4 heavy (non-hydrogen) atoms. The summed E-state index contributed by atoms with van der Waals surface area (Å²) in [5.74, 6) is 0. The molecule has 0 heterocycles. The largest absolute Gasteiger partial charge is 0.0149 e. The van der Waals surface area contributed by atoms with Gasteiger partial charge in [-0.05, 0) is 11.0 Å². The molecule has 0 aromatic heterocycles. The van der Waals surface area contributed by atoms with Gasteiger partial charge in [-0.1, -0.05) is 0 Å². The molecule has 0 aromatic carbocycles. The molecule has 0 spiro atoms. The Bertz CT molecular complexity index is 8.00. The summed E-state index contributed by atoms with van der Waals surface area (Å²) in [5.41, 5.74) is 0. The summed E-state index contributed by atoms with van der Waals surface area (Å²) in [5, 5.41) is 0. The van der Waals surface area contributed by atoms with Crippen LogP contribution in [-0.4, -0.2) is 78.3 Å². The van der Waals surface area contributed by atoms with Crippen LogP contribution in [0.1, 0.15) is 0 Å². The van der Waals surface area contributed by atoms with Gasteiger partial charge < -0.3 is 0 Å². The molecule has 0 saturated carbocycles. The van der Waals surface area contributed by atoms with E-state index in [1.54, 1.807) is 0 Å². The predicted octanol–water partition coefficient (Wildman–Crippen LogP) is -3.02. The fourth-order valence-electron chi connectivity index (χ4n) is 0. The van der Waals surface area contributed by atoms with Crippen molar-refractivity contribution in [2.45, 2.75) is 0 Å². The summed E-state index contributed by atoms with van der Waals surface area (Å²) in [6.07, 6.45) is 0. The van der Waals surface area contributed by atoms with Crippen LogP contribution in [0.15, 0.2) is 0 Å². The quantitative estimate of drug-likeness (QED) is 0.326. The molecular formula is H7CaFeNaSi. The first-order valence-corrected chi connectivity index (χ1v) is 0. The van der Waals surface area contributed by atoms with E-state index >= 15 is 0 Å². The molecule has 0 bridgehead atoms. The van der Waals surface area contributed by atoms with Gasteiger partial charge in [0, 0.05) is 17.1 Å². The molecule has 0 amide bonds. The molecule has 0 unspecified atom stereocenters. The fraction of sp³-hybridized carbons (Fsp3) is 0. The monoisotopic (exact) mass is 154 g/mol. The van der Waals surface area contributed by atoms with Crippen molar-refractivity contribution in [1.82, 2.24) is 0 Å². The summed E-state index contributed by atoms with van der Waals surface area (Å²) in [4.78, 5) is 0. The first-order chi connectivity index (χ1) is 0. The SMILES string of the molecule is [CaH2].[Fe].[NaH].[SiH4]. The Labute approximate surface area is 93.3 Å². The average molecular weight is 154 g/mol. The Morgan fingerprint density at radius 3 is 1.00 bits per heavy atom. The minimum atomic E-state index is 0. The van der Waals surface area contributed by atoms with Crippen LogP contribution in [0.3, 0.4) is 0 Å². The summed E-state index contributed by atoms with van der Waals surface area (Å²) >= 11 is 0. The Kier molecular flexibility index (Phi) is 117. The molecule has 0 aromatic rings. The smallest absolute Gasteiger partial charge is 0.0149 e. The molecule has 0 N–H and O–H groups in total. The molecule has 0 saturated heterocycles. The van der Waals surface area contributed by atoms with Gasteiger partial charge in [0.1, 0.15) is 0 Å². The zero-order chi connectivity index (χ0) is 0. The van der Waals surface area contributed by atoms with Crippen LogP contribution in [0.2, 0.25) is 0 Å². The molecule has 0 aliphatic carbocycles. The second kappa shape index (κ2) is 16.7. The Morgan fingerprint density at radius 1 is 1.00 bits per heavy atom. The molecular weight excluding hydrogens is 147 g/mol. The van der Waals surface area contributed by atoms with Crippen LogP contribution in [-0.2, 0) is 17.1 Å². The van der Waals surface area contributed by atoms with Crippen molar-refractivity contribution in [2.75, 3.05) is 0 Å². The maximum Gasteiger partial charge on any atom is -0.0149 e. The van der Waals surface area contributed by atoms with Gasteiger partial charge in [0.2, 0.25) is 0 Å². The molecule has 0 fully saturated rings. The third-order valence-electron chi connectivity index (χ3n) is 0. The van der Waals surface area contributed by atoms with Crippen molar-refractivity contribution >= 4 is 78.3 Å². The number of hydrogen-bond acceptors (Lipinski definition) is 0. The number of rotatable bonds is 0. The Hall–Kier alpha value is 3.00. The van der Waals surface area contributed by atoms with Gasteiger partial charge in [-0.25, -0.2) is 0 Å². The van der Waals surface area contributed by atoms with E-state index in [9.17, 15) is 0 Å².